The van der Waals surface area contributed by atoms with Crippen LogP contribution in [-0.2, 0) is 0 Å². The average molecular weight is 261 g/mol. The maximum absolute atomic E-state index is 12.3. The number of rotatable bonds is 3. The molecule has 0 aliphatic carbocycles. The lowest BCUT2D eigenvalue weighted by Crippen LogP contribution is -2.48. The summed E-state index contributed by atoms with van der Waals surface area (Å²) >= 11 is 0. The van der Waals surface area contributed by atoms with E-state index in [9.17, 15) is 9.59 Å². The minimum Gasteiger partial charge on any atom is -0.366 e. The Morgan fingerprint density at radius 1 is 1.05 bits per heavy atom. The van der Waals surface area contributed by atoms with Gasteiger partial charge in [0, 0.05) is 37.3 Å². The highest BCUT2D eigenvalue weighted by molar-refractivity contribution is 5.97. The number of hydrogen-bond acceptors (Lipinski definition) is 3. The van der Waals surface area contributed by atoms with Crippen LogP contribution in [0.2, 0.25) is 0 Å². The lowest BCUT2D eigenvalue weighted by atomic mass is 10.1. The molecule has 2 rings (SSSR count). The van der Waals surface area contributed by atoms with Crippen LogP contribution >= 0.6 is 0 Å². The van der Waals surface area contributed by atoms with Crippen LogP contribution in [0.4, 0.5) is 0 Å². The standard InChI is InChI=1S/C14H19N3O2/c1-2-16-7-9-17(10-8-16)14(19)12-5-3-11(4-6-12)13(15)18/h3-6H,2,7-10H2,1H3,(H2,15,18). The Bertz CT molecular complexity index is 462. The van der Waals surface area contributed by atoms with Crippen molar-refractivity contribution in [2.24, 2.45) is 5.73 Å². The second-order valence-corrected chi connectivity index (χ2v) is 4.67. The van der Waals surface area contributed by atoms with Gasteiger partial charge in [0.05, 0.1) is 0 Å². The molecule has 2 N–H and O–H groups in total. The first-order valence-electron chi connectivity index (χ1n) is 6.53. The molecule has 0 atom stereocenters. The Hall–Kier alpha value is -1.88. The molecule has 0 unspecified atom stereocenters. The van der Waals surface area contributed by atoms with Gasteiger partial charge in [0.25, 0.3) is 5.91 Å². The minimum absolute atomic E-state index is 0.0202. The monoisotopic (exact) mass is 261 g/mol. The van der Waals surface area contributed by atoms with Crippen molar-refractivity contribution >= 4 is 11.8 Å². The van der Waals surface area contributed by atoms with Gasteiger partial charge >= 0.3 is 0 Å². The molecular formula is C14H19N3O2. The van der Waals surface area contributed by atoms with Gasteiger partial charge in [-0.1, -0.05) is 6.92 Å². The van der Waals surface area contributed by atoms with Crippen molar-refractivity contribution in [2.45, 2.75) is 6.92 Å². The number of carbonyl (C=O) groups excluding carboxylic acids is 2. The highest BCUT2D eigenvalue weighted by atomic mass is 16.2. The van der Waals surface area contributed by atoms with Gasteiger partial charge in [-0.05, 0) is 30.8 Å². The van der Waals surface area contributed by atoms with Gasteiger partial charge in [-0.25, -0.2) is 0 Å². The summed E-state index contributed by atoms with van der Waals surface area (Å²) in [5, 5.41) is 0. The van der Waals surface area contributed by atoms with E-state index in [1.807, 2.05) is 4.90 Å². The number of carbonyl (C=O) groups is 2. The van der Waals surface area contributed by atoms with Gasteiger partial charge in [0.2, 0.25) is 5.91 Å². The molecule has 0 aromatic heterocycles. The van der Waals surface area contributed by atoms with E-state index in [0.29, 0.717) is 11.1 Å². The fraction of sp³-hybridized carbons (Fsp3) is 0.429. The van der Waals surface area contributed by atoms with Crippen LogP contribution in [0.3, 0.4) is 0 Å². The molecular weight excluding hydrogens is 242 g/mol. The molecule has 1 aliphatic heterocycles. The van der Waals surface area contributed by atoms with E-state index < -0.39 is 5.91 Å². The summed E-state index contributed by atoms with van der Waals surface area (Å²) in [7, 11) is 0. The third-order valence-corrected chi connectivity index (χ3v) is 3.52. The number of piperazine rings is 1. The number of nitrogens with zero attached hydrogens (tertiary/aromatic N) is 2. The molecule has 1 fully saturated rings. The fourth-order valence-corrected chi connectivity index (χ4v) is 2.23. The number of hydrogen-bond donors (Lipinski definition) is 1. The van der Waals surface area contributed by atoms with Crippen molar-refractivity contribution in [3.05, 3.63) is 35.4 Å². The van der Waals surface area contributed by atoms with Crippen molar-refractivity contribution in [2.75, 3.05) is 32.7 Å². The second-order valence-electron chi connectivity index (χ2n) is 4.67. The third-order valence-electron chi connectivity index (χ3n) is 3.52. The van der Waals surface area contributed by atoms with Gasteiger partial charge in [-0.2, -0.15) is 0 Å². The molecule has 5 nitrogen and oxygen atoms in total. The van der Waals surface area contributed by atoms with Crippen molar-refractivity contribution in [3.63, 3.8) is 0 Å². The molecule has 1 aliphatic rings. The van der Waals surface area contributed by atoms with E-state index in [4.69, 9.17) is 5.73 Å². The number of benzene rings is 1. The SMILES string of the molecule is CCN1CCN(C(=O)c2ccc(C(N)=O)cc2)CC1. The maximum Gasteiger partial charge on any atom is 0.253 e. The van der Waals surface area contributed by atoms with E-state index in [1.54, 1.807) is 24.3 Å². The Morgan fingerprint density at radius 3 is 2.05 bits per heavy atom. The smallest absolute Gasteiger partial charge is 0.253 e. The Morgan fingerprint density at radius 2 is 1.58 bits per heavy atom. The summed E-state index contributed by atoms with van der Waals surface area (Å²) in [6.07, 6.45) is 0. The lowest BCUT2D eigenvalue weighted by Gasteiger charge is -2.34. The van der Waals surface area contributed by atoms with Gasteiger partial charge in [0.15, 0.2) is 0 Å². The molecule has 1 heterocycles. The fourth-order valence-electron chi connectivity index (χ4n) is 2.23. The van der Waals surface area contributed by atoms with E-state index in [0.717, 1.165) is 32.7 Å². The first-order chi connectivity index (χ1) is 9.11. The largest absolute Gasteiger partial charge is 0.366 e. The zero-order chi connectivity index (χ0) is 13.8. The normalized spacial score (nSPS) is 16.4. The van der Waals surface area contributed by atoms with Crippen LogP contribution in [0.5, 0.6) is 0 Å². The maximum atomic E-state index is 12.3. The topological polar surface area (TPSA) is 66.6 Å². The first-order valence-corrected chi connectivity index (χ1v) is 6.53. The summed E-state index contributed by atoms with van der Waals surface area (Å²) in [5.41, 5.74) is 6.20. The average Bonchev–Trinajstić information content (AvgIpc) is 2.46. The van der Waals surface area contributed by atoms with Crippen LogP contribution in [0, 0.1) is 0 Å². The van der Waals surface area contributed by atoms with Gasteiger partial charge in [-0.15, -0.1) is 0 Å². The van der Waals surface area contributed by atoms with Crippen LogP contribution in [0.15, 0.2) is 24.3 Å². The molecule has 1 saturated heterocycles. The van der Waals surface area contributed by atoms with Crippen molar-refractivity contribution in [1.29, 1.82) is 0 Å². The summed E-state index contributed by atoms with van der Waals surface area (Å²) < 4.78 is 0. The first kappa shape index (κ1) is 13.5. The van der Waals surface area contributed by atoms with E-state index >= 15 is 0 Å². The van der Waals surface area contributed by atoms with Crippen LogP contribution in [0.1, 0.15) is 27.6 Å². The molecule has 0 bridgehead atoms. The molecule has 1 aromatic carbocycles. The zero-order valence-corrected chi connectivity index (χ0v) is 11.1. The third kappa shape index (κ3) is 3.12. The van der Waals surface area contributed by atoms with E-state index in [1.165, 1.54) is 0 Å². The Kier molecular flexibility index (Phi) is 4.16. The van der Waals surface area contributed by atoms with Gasteiger partial charge < -0.3 is 15.5 Å². The van der Waals surface area contributed by atoms with Gasteiger partial charge in [0.1, 0.15) is 0 Å². The predicted molar refractivity (Wildman–Crippen MR) is 73.0 cm³/mol. The molecule has 0 spiro atoms. The molecule has 19 heavy (non-hydrogen) atoms. The summed E-state index contributed by atoms with van der Waals surface area (Å²) in [4.78, 5) is 27.4. The highest BCUT2D eigenvalue weighted by Gasteiger charge is 2.21. The summed E-state index contributed by atoms with van der Waals surface area (Å²) in [6, 6.07) is 6.51. The Balaban J connectivity index is 2.02. The molecule has 2 amide bonds. The van der Waals surface area contributed by atoms with Crippen molar-refractivity contribution in [3.8, 4) is 0 Å². The van der Waals surface area contributed by atoms with Crippen LogP contribution in [0.25, 0.3) is 0 Å². The quantitative estimate of drug-likeness (QED) is 0.864. The number of amides is 2. The second kappa shape index (κ2) is 5.84. The number of nitrogens with two attached hydrogens (primary N) is 1. The number of primary amides is 1. The molecule has 0 saturated carbocycles. The highest BCUT2D eigenvalue weighted by Crippen LogP contribution is 2.10. The van der Waals surface area contributed by atoms with Crippen molar-refractivity contribution in [1.82, 2.24) is 9.80 Å². The summed E-state index contributed by atoms with van der Waals surface area (Å²) in [6.45, 7) is 6.49. The van der Waals surface area contributed by atoms with Crippen molar-refractivity contribution < 1.29 is 9.59 Å². The van der Waals surface area contributed by atoms with E-state index in [-0.39, 0.29) is 5.91 Å². The number of likely N-dealkylation sites (N-methyl/N-ethyl adjacent to an activating group) is 1. The molecule has 5 heteroatoms. The van der Waals surface area contributed by atoms with Crippen LogP contribution in [-0.4, -0.2) is 54.3 Å². The minimum atomic E-state index is -0.476. The zero-order valence-electron chi connectivity index (χ0n) is 11.1. The molecule has 102 valence electrons. The van der Waals surface area contributed by atoms with Gasteiger partial charge in [-0.3, -0.25) is 9.59 Å². The summed E-state index contributed by atoms with van der Waals surface area (Å²) in [5.74, 6) is -0.456. The van der Waals surface area contributed by atoms with Crippen LogP contribution < -0.4 is 5.73 Å². The molecule has 1 aromatic rings. The Labute approximate surface area is 113 Å². The predicted octanol–water partition coefficient (Wildman–Crippen LogP) is 0.563. The lowest BCUT2D eigenvalue weighted by molar-refractivity contribution is 0.0643. The molecule has 0 radical (unpaired) electrons. The van der Waals surface area contributed by atoms with E-state index in [2.05, 4.69) is 11.8 Å².